The maximum atomic E-state index is 13.3. The highest BCUT2D eigenvalue weighted by atomic mass is 16.5. The summed E-state index contributed by atoms with van der Waals surface area (Å²) in [6.07, 6.45) is 1.98. The van der Waals surface area contributed by atoms with E-state index in [1.54, 1.807) is 42.6 Å². The van der Waals surface area contributed by atoms with Crippen LogP contribution < -0.4 is 15.4 Å². The zero-order valence-electron chi connectivity index (χ0n) is 15.9. The molecule has 2 aromatic carbocycles. The van der Waals surface area contributed by atoms with Crippen LogP contribution in [0, 0.1) is 0 Å². The Hall–Kier alpha value is -3.94. The molecule has 4 amide bonds. The number of pyridine rings is 1. The molecule has 8 nitrogen and oxygen atoms in total. The van der Waals surface area contributed by atoms with Gasteiger partial charge in [-0.2, -0.15) is 0 Å². The molecule has 1 saturated heterocycles. The smallest absolute Gasteiger partial charge is 0.325 e. The third kappa shape index (κ3) is 2.76. The number of anilines is 1. The number of imide groups is 1. The van der Waals surface area contributed by atoms with Crippen LogP contribution in [0.5, 0.6) is 5.75 Å². The van der Waals surface area contributed by atoms with Crippen molar-refractivity contribution >= 4 is 34.4 Å². The first-order chi connectivity index (χ1) is 14.6. The van der Waals surface area contributed by atoms with Gasteiger partial charge in [0.2, 0.25) is 5.91 Å². The van der Waals surface area contributed by atoms with Crippen LogP contribution in [0.25, 0.3) is 10.9 Å². The van der Waals surface area contributed by atoms with Crippen molar-refractivity contribution in [1.29, 1.82) is 0 Å². The molecule has 30 heavy (non-hydrogen) atoms. The average molecular weight is 402 g/mol. The van der Waals surface area contributed by atoms with E-state index in [9.17, 15) is 14.4 Å². The van der Waals surface area contributed by atoms with Gasteiger partial charge in [-0.15, -0.1) is 0 Å². The Balaban J connectivity index is 1.39. The fraction of sp³-hybridized carbons (Fsp3) is 0.182. The number of carbonyl (C=O) groups is 3. The highest BCUT2D eigenvalue weighted by Crippen LogP contribution is 2.40. The predicted molar refractivity (Wildman–Crippen MR) is 109 cm³/mol. The Bertz CT molecular complexity index is 1190. The van der Waals surface area contributed by atoms with Gasteiger partial charge in [0.15, 0.2) is 5.54 Å². The summed E-state index contributed by atoms with van der Waals surface area (Å²) in [6, 6.07) is 15.5. The zero-order valence-corrected chi connectivity index (χ0v) is 15.9. The number of hydrogen-bond acceptors (Lipinski definition) is 5. The summed E-state index contributed by atoms with van der Waals surface area (Å²) in [5, 5.41) is 6.36. The van der Waals surface area contributed by atoms with Crippen LogP contribution in [0.3, 0.4) is 0 Å². The first-order valence-corrected chi connectivity index (χ1v) is 9.58. The van der Waals surface area contributed by atoms with E-state index in [1.165, 1.54) is 0 Å². The van der Waals surface area contributed by atoms with Crippen LogP contribution in [0.4, 0.5) is 10.5 Å². The monoisotopic (exact) mass is 402 g/mol. The molecule has 1 fully saturated rings. The maximum absolute atomic E-state index is 13.3. The molecule has 5 rings (SSSR count). The zero-order chi connectivity index (χ0) is 20.7. The standard InChI is InChI=1S/C22H18N4O4/c27-19(24-17-8-3-7-16-14(17)5-4-11-23-16)13-26-20(28)22(25-21(26)29)10-12-30-18-9-2-1-6-15(18)22/h1-9,11H,10,12-13H2,(H,24,27)(H,25,29)/t22-/m0/s1. The number of ether oxygens (including phenoxy) is 1. The molecular formula is C22H18N4O4. The fourth-order valence-electron chi connectivity index (χ4n) is 4.06. The van der Waals surface area contributed by atoms with Crippen LogP contribution in [0.2, 0.25) is 0 Å². The summed E-state index contributed by atoms with van der Waals surface area (Å²) in [7, 11) is 0. The third-order valence-corrected chi connectivity index (χ3v) is 5.48. The number of nitrogens with zero attached hydrogens (tertiary/aromatic N) is 2. The highest BCUT2D eigenvalue weighted by Gasteiger charge is 2.55. The molecule has 150 valence electrons. The summed E-state index contributed by atoms with van der Waals surface area (Å²) in [5.74, 6) is -0.350. The molecule has 0 unspecified atom stereocenters. The summed E-state index contributed by atoms with van der Waals surface area (Å²) < 4.78 is 5.62. The lowest BCUT2D eigenvalue weighted by Gasteiger charge is -2.33. The molecule has 2 aliphatic rings. The van der Waals surface area contributed by atoms with Gasteiger partial charge in [-0.1, -0.05) is 24.3 Å². The van der Waals surface area contributed by atoms with Crippen molar-refractivity contribution in [3.8, 4) is 5.75 Å². The molecule has 1 spiro atoms. The number of benzene rings is 2. The van der Waals surface area contributed by atoms with Gasteiger partial charge >= 0.3 is 6.03 Å². The molecule has 8 heteroatoms. The van der Waals surface area contributed by atoms with E-state index in [0.717, 1.165) is 15.8 Å². The van der Waals surface area contributed by atoms with Crippen molar-refractivity contribution in [2.24, 2.45) is 0 Å². The lowest BCUT2D eigenvalue weighted by atomic mass is 9.84. The first kappa shape index (κ1) is 18.1. The third-order valence-electron chi connectivity index (χ3n) is 5.48. The largest absolute Gasteiger partial charge is 0.493 e. The molecular weight excluding hydrogens is 384 g/mol. The molecule has 3 heterocycles. The van der Waals surface area contributed by atoms with Crippen LogP contribution in [0.15, 0.2) is 60.8 Å². The Labute approximate surface area is 171 Å². The van der Waals surface area contributed by atoms with Crippen molar-refractivity contribution in [3.05, 3.63) is 66.4 Å². The van der Waals surface area contributed by atoms with Gasteiger partial charge in [-0.25, -0.2) is 4.79 Å². The number of urea groups is 1. The van der Waals surface area contributed by atoms with Gasteiger partial charge in [0.05, 0.1) is 17.8 Å². The van der Waals surface area contributed by atoms with Crippen LogP contribution in [-0.2, 0) is 15.1 Å². The molecule has 1 aromatic heterocycles. The summed E-state index contributed by atoms with van der Waals surface area (Å²) >= 11 is 0. The molecule has 0 radical (unpaired) electrons. The van der Waals surface area contributed by atoms with Crippen molar-refractivity contribution in [2.45, 2.75) is 12.0 Å². The van der Waals surface area contributed by atoms with E-state index in [1.807, 2.05) is 18.2 Å². The molecule has 0 bridgehead atoms. The van der Waals surface area contributed by atoms with Gasteiger partial charge in [0.1, 0.15) is 12.3 Å². The maximum Gasteiger partial charge on any atom is 0.325 e. The highest BCUT2D eigenvalue weighted by molar-refractivity contribution is 6.11. The number of amides is 4. The van der Waals surface area contributed by atoms with Crippen molar-refractivity contribution < 1.29 is 19.1 Å². The average Bonchev–Trinajstić information content (AvgIpc) is 2.99. The minimum atomic E-state index is -1.20. The summed E-state index contributed by atoms with van der Waals surface area (Å²) in [4.78, 5) is 43.8. The van der Waals surface area contributed by atoms with Crippen LogP contribution in [0.1, 0.15) is 12.0 Å². The Morgan fingerprint density at radius 1 is 1.13 bits per heavy atom. The number of nitrogens with one attached hydrogen (secondary N) is 2. The lowest BCUT2D eigenvalue weighted by Crippen LogP contribution is -2.48. The quantitative estimate of drug-likeness (QED) is 0.656. The SMILES string of the molecule is O=C(CN1C(=O)N[C@]2(CCOc3ccccc32)C1=O)Nc1cccc2ncccc12. The second-order valence-electron chi connectivity index (χ2n) is 7.25. The molecule has 1 atom stereocenters. The minimum Gasteiger partial charge on any atom is -0.493 e. The van der Waals surface area contributed by atoms with Crippen LogP contribution in [-0.4, -0.2) is 40.9 Å². The van der Waals surface area contributed by atoms with E-state index >= 15 is 0 Å². The van der Waals surface area contributed by atoms with Gasteiger partial charge in [0, 0.05) is 23.6 Å². The number of aromatic nitrogens is 1. The Morgan fingerprint density at radius 2 is 2.00 bits per heavy atom. The Kier molecular flexibility index (Phi) is 4.13. The normalized spacial score (nSPS) is 20.1. The fourth-order valence-corrected chi connectivity index (χ4v) is 4.06. The topological polar surface area (TPSA) is 101 Å². The van der Waals surface area contributed by atoms with Gasteiger partial charge in [-0.05, 0) is 30.3 Å². The number of rotatable bonds is 3. The second-order valence-corrected chi connectivity index (χ2v) is 7.25. The van der Waals surface area contributed by atoms with E-state index in [-0.39, 0.29) is 6.54 Å². The predicted octanol–water partition coefficient (Wildman–Crippen LogP) is 2.40. The van der Waals surface area contributed by atoms with Gasteiger partial charge in [0.25, 0.3) is 5.91 Å². The molecule has 2 N–H and O–H groups in total. The minimum absolute atomic E-state index is 0.298. The second kappa shape index (κ2) is 6.84. The lowest BCUT2D eigenvalue weighted by molar-refractivity contribution is -0.135. The van der Waals surface area contributed by atoms with Crippen molar-refractivity contribution in [2.75, 3.05) is 18.5 Å². The van der Waals surface area contributed by atoms with E-state index in [4.69, 9.17) is 4.74 Å². The summed E-state index contributed by atoms with van der Waals surface area (Å²) in [5.41, 5.74) is 0.722. The number of hydrogen-bond donors (Lipinski definition) is 2. The van der Waals surface area contributed by atoms with E-state index in [0.29, 0.717) is 30.0 Å². The molecule has 0 aliphatic carbocycles. The Morgan fingerprint density at radius 3 is 2.90 bits per heavy atom. The molecule has 3 aromatic rings. The van der Waals surface area contributed by atoms with Crippen molar-refractivity contribution in [3.63, 3.8) is 0 Å². The van der Waals surface area contributed by atoms with Gasteiger partial charge in [-0.3, -0.25) is 19.5 Å². The number of fused-ring (bicyclic) bond motifs is 3. The molecule has 0 saturated carbocycles. The first-order valence-electron chi connectivity index (χ1n) is 9.58. The van der Waals surface area contributed by atoms with Crippen LogP contribution >= 0.6 is 0 Å². The molecule has 2 aliphatic heterocycles. The van der Waals surface area contributed by atoms with E-state index < -0.39 is 23.4 Å². The summed E-state index contributed by atoms with van der Waals surface area (Å²) in [6.45, 7) is -0.0852. The van der Waals surface area contributed by atoms with Gasteiger partial charge < -0.3 is 15.4 Å². The number of carbonyl (C=O) groups excluding carboxylic acids is 3. The number of para-hydroxylation sites is 1. The van der Waals surface area contributed by atoms with Crippen molar-refractivity contribution in [1.82, 2.24) is 15.2 Å². The van der Waals surface area contributed by atoms with E-state index in [2.05, 4.69) is 15.6 Å².